The van der Waals surface area contributed by atoms with Crippen LogP contribution in [0.25, 0.3) is 0 Å². The van der Waals surface area contributed by atoms with Gasteiger partial charge in [0.1, 0.15) is 0 Å². The maximum Gasteiger partial charge on any atom is 0.250 e. The molecule has 0 bridgehead atoms. The van der Waals surface area contributed by atoms with Gasteiger partial charge in [-0.15, -0.1) is 0 Å². The number of nitriles is 1. The second kappa shape index (κ2) is 4.40. The molecule has 1 fully saturated rings. The maximum atomic E-state index is 11.0. The number of carbonyl (C=O) groups excluding carboxylic acids is 1. The van der Waals surface area contributed by atoms with Gasteiger partial charge >= 0.3 is 0 Å². The minimum Gasteiger partial charge on any atom is -0.379 e. The van der Waals surface area contributed by atoms with Crippen molar-refractivity contribution in [2.45, 2.75) is 24.9 Å². The zero-order valence-corrected chi connectivity index (χ0v) is 8.07. The molecular formula is C9H15N3O2. The molecule has 1 aliphatic heterocycles. The average molecular weight is 197 g/mol. The Bertz CT molecular complexity index is 261. The van der Waals surface area contributed by atoms with E-state index in [1.165, 1.54) is 0 Å². The third kappa shape index (κ3) is 2.44. The van der Waals surface area contributed by atoms with Crippen LogP contribution in [0.4, 0.5) is 0 Å². The number of nitrogens with two attached hydrogens (primary N) is 1. The topological polar surface area (TPSA) is 90.3 Å². The molecule has 1 rings (SSSR count). The van der Waals surface area contributed by atoms with Crippen LogP contribution in [0.5, 0.6) is 0 Å². The molecule has 1 amide bonds. The molecule has 0 saturated carbocycles. The van der Waals surface area contributed by atoms with Gasteiger partial charge in [0.15, 0.2) is 5.60 Å². The van der Waals surface area contributed by atoms with E-state index in [0.29, 0.717) is 19.4 Å². The number of hydrogen-bond acceptors (Lipinski definition) is 4. The molecule has 0 aromatic heterocycles. The Morgan fingerprint density at radius 3 is 3.00 bits per heavy atom. The first-order chi connectivity index (χ1) is 6.58. The Balaban J connectivity index is 2.52. The number of carbonyl (C=O) groups is 1. The highest BCUT2D eigenvalue weighted by atomic mass is 16.3. The van der Waals surface area contributed by atoms with Crippen molar-refractivity contribution in [3.05, 3.63) is 0 Å². The van der Waals surface area contributed by atoms with Gasteiger partial charge in [-0.1, -0.05) is 0 Å². The van der Waals surface area contributed by atoms with E-state index in [1.807, 2.05) is 11.0 Å². The Kier molecular flexibility index (Phi) is 3.44. The van der Waals surface area contributed by atoms with Crippen LogP contribution >= 0.6 is 0 Å². The first kappa shape index (κ1) is 11.0. The Labute approximate surface area is 83.1 Å². The van der Waals surface area contributed by atoms with Crippen molar-refractivity contribution in [2.24, 2.45) is 5.73 Å². The standard InChI is InChI=1S/C9H15N3O2/c10-4-2-6-12-5-1-3-9(14,7-12)8(11)13/h14H,1-3,5-7H2,(H2,11,13). The quantitative estimate of drug-likeness (QED) is 0.620. The average Bonchev–Trinajstić information content (AvgIpc) is 2.15. The van der Waals surface area contributed by atoms with Crippen molar-refractivity contribution >= 4 is 5.91 Å². The molecule has 78 valence electrons. The summed E-state index contributed by atoms with van der Waals surface area (Å²) in [5.41, 5.74) is 3.72. The molecule has 1 atom stereocenters. The van der Waals surface area contributed by atoms with Crippen LogP contribution in [0.15, 0.2) is 0 Å². The Hall–Kier alpha value is -1.12. The summed E-state index contributed by atoms with van der Waals surface area (Å²) >= 11 is 0. The summed E-state index contributed by atoms with van der Waals surface area (Å²) in [5, 5.41) is 18.2. The van der Waals surface area contributed by atoms with Gasteiger partial charge in [-0.2, -0.15) is 5.26 Å². The van der Waals surface area contributed by atoms with E-state index in [4.69, 9.17) is 11.0 Å². The van der Waals surface area contributed by atoms with Crippen molar-refractivity contribution in [2.75, 3.05) is 19.6 Å². The lowest BCUT2D eigenvalue weighted by Crippen LogP contribution is -2.55. The predicted octanol–water partition coefficient (Wildman–Crippen LogP) is -0.788. The van der Waals surface area contributed by atoms with Gasteiger partial charge in [0, 0.05) is 19.5 Å². The van der Waals surface area contributed by atoms with E-state index in [0.717, 1.165) is 13.0 Å². The third-order valence-corrected chi connectivity index (χ3v) is 2.55. The van der Waals surface area contributed by atoms with Gasteiger partial charge in [-0.25, -0.2) is 0 Å². The van der Waals surface area contributed by atoms with E-state index >= 15 is 0 Å². The number of aliphatic hydroxyl groups is 1. The van der Waals surface area contributed by atoms with Crippen molar-refractivity contribution in [3.8, 4) is 6.07 Å². The largest absolute Gasteiger partial charge is 0.379 e. The number of rotatable bonds is 3. The van der Waals surface area contributed by atoms with Crippen LogP contribution in [0.2, 0.25) is 0 Å². The molecule has 5 nitrogen and oxygen atoms in total. The normalized spacial score (nSPS) is 28.3. The summed E-state index contributed by atoms with van der Waals surface area (Å²) in [5.74, 6) is -0.667. The van der Waals surface area contributed by atoms with Crippen molar-refractivity contribution in [1.29, 1.82) is 5.26 Å². The number of β-amino-alcohol motifs (C(OH)–C–C–N with tert-alkyl or cyclic N) is 1. The fourth-order valence-corrected chi connectivity index (χ4v) is 1.72. The summed E-state index contributed by atoms with van der Waals surface area (Å²) in [6.45, 7) is 1.66. The SMILES string of the molecule is N#CCCN1CCCC(O)(C(N)=O)C1. The lowest BCUT2D eigenvalue weighted by Gasteiger charge is -2.36. The van der Waals surface area contributed by atoms with Gasteiger partial charge in [0.05, 0.1) is 6.07 Å². The van der Waals surface area contributed by atoms with Crippen molar-refractivity contribution in [1.82, 2.24) is 4.90 Å². The zero-order chi connectivity index (χ0) is 10.6. The molecule has 1 heterocycles. The highest BCUT2D eigenvalue weighted by Gasteiger charge is 2.38. The maximum absolute atomic E-state index is 11.0. The van der Waals surface area contributed by atoms with Crippen molar-refractivity contribution in [3.63, 3.8) is 0 Å². The summed E-state index contributed by atoms with van der Waals surface area (Å²) in [6, 6.07) is 2.03. The fourth-order valence-electron chi connectivity index (χ4n) is 1.72. The molecule has 0 aliphatic carbocycles. The highest BCUT2D eigenvalue weighted by Crippen LogP contribution is 2.20. The monoisotopic (exact) mass is 197 g/mol. The van der Waals surface area contributed by atoms with Crippen LogP contribution in [0, 0.1) is 11.3 Å². The summed E-state index contributed by atoms with van der Waals surface area (Å²) in [4.78, 5) is 12.9. The minimum absolute atomic E-state index is 0.254. The number of hydrogen-bond donors (Lipinski definition) is 2. The summed E-state index contributed by atoms with van der Waals surface area (Å²) < 4.78 is 0. The van der Waals surface area contributed by atoms with Gasteiger partial charge in [-0.05, 0) is 19.4 Å². The molecule has 0 aromatic rings. The van der Waals surface area contributed by atoms with Crippen LogP contribution in [0.1, 0.15) is 19.3 Å². The minimum atomic E-state index is -1.40. The van der Waals surface area contributed by atoms with E-state index in [9.17, 15) is 9.90 Å². The van der Waals surface area contributed by atoms with E-state index in [2.05, 4.69) is 0 Å². The first-order valence-electron chi connectivity index (χ1n) is 4.70. The van der Waals surface area contributed by atoms with E-state index in [1.54, 1.807) is 0 Å². The lowest BCUT2D eigenvalue weighted by molar-refractivity contribution is -0.142. The van der Waals surface area contributed by atoms with Gasteiger partial charge in [0.25, 0.3) is 5.91 Å². The zero-order valence-electron chi connectivity index (χ0n) is 8.07. The predicted molar refractivity (Wildman–Crippen MR) is 50.0 cm³/mol. The number of piperidine rings is 1. The third-order valence-electron chi connectivity index (χ3n) is 2.55. The molecular weight excluding hydrogens is 182 g/mol. The first-order valence-corrected chi connectivity index (χ1v) is 4.70. The molecule has 0 aromatic carbocycles. The molecule has 14 heavy (non-hydrogen) atoms. The molecule has 1 unspecified atom stereocenters. The smallest absolute Gasteiger partial charge is 0.250 e. The van der Waals surface area contributed by atoms with Crippen LogP contribution in [-0.4, -0.2) is 41.1 Å². The Morgan fingerprint density at radius 1 is 1.71 bits per heavy atom. The summed E-state index contributed by atoms with van der Waals surface area (Å²) in [7, 11) is 0. The summed E-state index contributed by atoms with van der Waals surface area (Å²) in [6.07, 6.45) is 1.57. The van der Waals surface area contributed by atoms with Crippen molar-refractivity contribution < 1.29 is 9.90 Å². The van der Waals surface area contributed by atoms with E-state index in [-0.39, 0.29) is 6.54 Å². The number of primary amides is 1. The van der Waals surface area contributed by atoms with Gasteiger partial charge < -0.3 is 10.8 Å². The second-order valence-electron chi connectivity index (χ2n) is 3.68. The fraction of sp³-hybridized carbons (Fsp3) is 0.778. The van der Waals surface area contributed by atoms with Gasteiger partial charge in [-0.3, -0.25) is 9.69 Å². The molecule has 5 heteroatoms. The Morgan fingerprint density at radius 2 is 2.43 bits per heavy atom. The molecule has 0 radical (unpaired) electrons. The number of nitrogens with zero attached hydrogens (tertiary/aromatic N) is 2. The molecule has 1 aliphatic rings. The van der Waals surface area contributed by atoms with Gasteiger partial charge in [0.2, 0.25) is 0 Å². The van der Waals surface area contributed by atoms with Crippen LogP contribution in [-0.2, 0) is 4.79 Å². The van der Waals surface area contributed by atoms with Crippen LogP contribution < -0.4 is 5.73 Å². The molecule has 0 spiro atoms. The second-order valence-corrected chi connectivity index (χ2v) is 3.68. The molecule has 3 N–H and O–H groups in total. The number of likely N-dealkylation sites (tertiary alicyclic amines) is 1. The number of amides is 1. The van der Waals surface area contributed by atoms with E-state index < -0.39 is 11.5 Å². The van der Waals surface area contributed by atoms with Crippen LogP contribution in [0.3, 0.4) is 0 Å². The molecule has 1 saturated heterocycles. The lowest BCUT2D eigenvalue weighted by atomic mass is 9.92. The highest BCUT2D eigenvalue weighted by molar-refractivity contribution is 5.83.